The van der Waals surface area contributed by atoms with Gasteiger partial charge in [-0.15, -0.1) is 11.6 Å². The lowest BCUT2D eigenvalue weighted by Crippen LogP contribution is -1.99. The number of alkyl halides is 1. The average Bonchev–Trinajstić information content (AvgIpc) is 2.36. The molecule has 1 atom stereocenters. The Labute approximate surface area is 126 Å². The molecule has 0 bridgehead atoms. The maximum Gasteiger partial charge on any atom is 0.142 e. The smallest absolute Gasteiger partial charge is 0.142 e. The van der Waals surface area contributed by atoms with E-state index in [1.807, 2.05) is 0 Å². The van der Waals surface area contributed by atoms with Crippen molar-refractivity contribution in [3.05, 3.63) is 68.4 Å². The van der Waals surface area contributed by atoms with Crippen LogP contribution in [0.15, 0.2) is 34.8 Å². The largest absolute Gasteiger partial charge is 0.207 e. The Hall–Kier alpha value is -0.710. The van der Waals surface area contributed by atoms with Gasteiger partial charge in [-0.05, 0) is 45.8 Å². The Morgan fingerprint density at radius 3 is 2.26 bits per heavy atom. The van der Waals surface area contributed by atoms with E-state index in [1.54, 1.807) is 0 Å². The first-order valence-electron chi connectivity index (χ1n) is 5.13. The van der Waals surface area contributed by atoms with Crippen LogP contribution in [0.2, 0.25) is 5.02 Å². The fourth-order valence-electron chi connectivity index (χ4n) is 1.58. The molecule has 100 valence electrons. The summed E-state index contributed by atoms with van der Waals surface area (Å²) in [5.74, 6) is -1.98. The molecule has 0 aliphatic rings. The molecule has 2 aromatic rings. The zero-order valence-electron chi connectivity index (χ0n) is 9.23. The van der Waals surface area contributed by atoms with Gasteiger partial charge in [0.25, 0.3) is 0 Å². The van der Waals surface area contributed by atoms with E-state index < -0.39 is 22.8 Å². The third-order valence-corrected chi connectivity index (χ3v) is 3.95. The van der Waals surface area contributed by atoms with Crippen molar-refractivity contribution in [1.29, 1.82) is 0 Å². The Morgan fingerprint density at radius 2 is 1.63 bits per heavy atom. The Balaban J connectivity index is 2.46. The molecule has 0 aromatic heterocycles. The topological polar surface area (TPSA) is 0 Å². The standard InChI is InChI=1S/C13H6BrCl2F3/c14-8-5-10(17)7(4-11(8)18)13(16)6-1-2-9(15)12(19)3-6/h1-5,13H. The third kappa shape index (κ3) is 3.07. The van der Waals surface area contributed by atoms with E-state index in [0.29, 0.717) is 5.56 Å². The van der Waals surface area contributed by atoms with Crippen molar-refractivity contribution in [3.63, 3.8) is 0 Å². The summed E-state index contributed by atoms with van der Waals surface area (Å²) in [5.41, 5.74) is 0.230. The minimum absolute atomic E-state index is 0.0000895. The fraction of sp³-hybridized carbons (Fsp3) is 0.0769. The van der Waals surface area contributed by atoms with Gasteiger partial charge in [0.15, 0.2) is 0 Å². The van der Waals surface area contributed by atoms with Gasteiger partial charge >= 0.3 is 0 Å². The van der Waals surface area contributed by atoms with Gasteiger partial charge in [-0.1, -0.05) is 17.7 Å². The van der Waals surface area contributed by atoms with Crippen LogP contribution in [0.25, 0.3) is 0 Å². The lowest BCUT2D eigenvalue weighted by Gasteiger charge is -2.12. The van der Waals surface area contributed by atoms with Gasteiger partial charge in [0.05, 0.1) is 14.9 Å². The molecule has 2 aromatic carbocycles. The van der Waals surface area contributed by atoms with Gasteiger partial charge < -0.3 is 0 Å². The predicted molar refractivity (Wildman–Crippen MR) is 73.2 cm³/mol. The minimum Gasteiger partial charge on any atom is -0.207 e. The molecular formula is C13H6BrCl2F3. The van der Waals surface area contributed by atoms with E-state index in [4.69, 9.17) is 23.2 Å². The minimum atomic E-state index is -1.01. The predicted octanol–water partition coefficient (Wildman–Crippen LogP) is 5.85. The van der Waals surface area contributed by atoms with Gasteiger partial charge in [-0.25, -0.2) is 13.2 Å². The number of hydrogen-bond acceptors (Lipinski definition) is 0. The average molecular weight is 370 g/mol. The van der Waals surface area contributed by atoms with Crippen molar-refractivity contribution in [2.24, 2.45) is 0 Å². The highest BCUT2D eigenvalue weighted by Gasteiger charge is 2.19. The number of halogens is 6. The van der Waals surface area contributed by atoms with Gasteiger partial charge in [-0.3, -0.25) is 0 Å². The van der Waals surface area contributed by atoms with Crippen molar-refractivity contribution in [1.82, 2.24) is 0 Å². The highest BCUT2D eigenvalue weighted by Crippen LogP contribution is 2.34. The lowest BCUT2D eigenvalue weighted by atomic mass is 10.0. The van der Waals surface area contributed by atoms with E-state index >= 15 is 0 Å². The van der Waals surface area contributed by atoms with Crippen molar-refractivity contribution in [3.8, 4) is 0 Å². The second-order valence-corrected chi connectivity index (χ2v) is 5.52. The summed E-state index contributed by atoms with van der Waals surface area (Å²) in [6, 6.07) is 5.83. The van der Waals surface area contributed by atoms with Gasteiger partial charge in [0.1, 0.15) is 17.5 Å². The molecule has 6 heteroatoms. The van der Waals surface area contributed by atoms with E-state index in [2.05, 4.69) is 15.9 Å². The highest BCUT2D eigenvalue weighted by molar-refractivity contribution is 9.10. The maximum absolute atomic E-state index is 13.7. The molecule has 0 radical (unpaired) electrons. The summed E-state index contributed by atoms with van der Waals surface area (Å²) in [6.45, 7) is 0. The molecule has 0 amide bonds. The van der Waals surface area contributed by atoms with Crippen LogP contribution in [0.1, 0.15) is 16.5 Å². The molecule has 0 saturated carbocycles. The number of hydrogen-bond donors (Lipinski definition) is 0. The first-order chi connectivity index (χ1) is 8.90. The van der Waals surface area contributed by atoms with Gasteiger partial charge in [0.2, 0.25) is 0 Å². The van der Waals surface area contributed by atoms with Crippen LogP contribution in [0.4, 0.5) is 13.2 Å². The molecule has 0 fully saturated rings. The van der Waals surface area contributed by atoms with Crippen LogP contribution in [0.3, 0.4) is 0 Å². The molecule has 0 nitrogen and oxygen atoms in total. The number of rotatable bonds is 2. The molecule has 0 N–H and O–H groups in total. The van der Waals surface area contributed by atoms with Crippen molar-refractivity contribution >= 4 is 39.1 Å². The Bertz CT molecular complexity index is 632. The molecule has 0 aliphatic carbocycles. The van der Waals surface area contributed by atoms with Gasteiger partial charge in [-0.2, -0.15) is 0 Å². The van der Waals surface area contributed by atoms with Crippen LogP contribution in [-0.4, -0.2) is 0 Å². The van der Waals surface area contributed by atoms with Crippen molar-refractivity contribution in [2.75, 3.05) is 0 Å². The Morgan fingerprint density at radius 1 is 0.947 bits per heavy atom. The summed E-state index contributed by atoms with van der Waals surface area (Å²) < 4.78 is 40.5. The first kappa shape index (κ1) is 14.7. The first-order valence-corrected chi connectivity index (χ1v) is 6.74. The second kappa shape index (κ2) is 5.73. The zero-order valence-corrected chi connectivity index (χ0v) is 12.3. The summed E-state index contributed by atoms with van der Waals surface area (Å²) in [6.07, 6.45) is 0. The molecule has 0 aliphatic heterocycles. The van der Waals surface area contributed by atoms with Crippen LogP contribution in [0.5, 0.6) is 0 Å². The molecule has 2 rings (SSSR count). The van der Waals surface area contributed by atoms with Crippen LogP contribution in [-0.2, 0) is 0 Å². The molecule has 0 spiro atoms. The van der Waals surface area contributed by atoms with E-state index in [-0.39, 0.29) is 15.1 Å². The highest BCUT2D eigenvalue weighted by atomic mass is 79.9. The summed E-state index contributed by atoms with van der Waals surface area (Å²) >= 11 is 14.5. The van der Waals surface area contributed by atoms with Gasteiger partial charge in [0, 0.05) is 5.56 Å². The lowest BCUT2D eigenvalue weighted by molar-refractivity contribution is 0.581. The maximum atomic E-state index is 13.7. The Kier molecular flexibility index (Phi) is 4.43. The molecule has 19 heavy (non-hydrogen) atoms. The zero-order chi connectivity index (χ0) is 14.2. The molecule has 0 heterocycles. The normalized spacial score (nSPS) is 12.5. The molecule has 0 saturated heterocycles. The SMILES string of the molecule is Fc1cc(C(Cl)c2cc(F)c(Br)cc2F)ccc1Cl. The van der Waals surface area contributed by atoms with E-state index in [1.165, 1.54) is 12.1 Å². The van der Waals surface area contributed by atoms with E-state index in [9.17, 15) is 13.2 Å². The molecule has 1 unspecified atom stereocenters. The monoisotopic (exact) mass is 368 g/mol. The fourth-order valence-corrected chi connectivity index (χ4v) is 2.32. The van der Waals surface area contributed by atoms with Crippen molar-refractivity contribution in [2.45, 2.75) is 5.38 Å². The molecular weight excluding hydrogens is 364 g/mol. The number of benzene rings is 2. The van der Waals surface area contributed by atoms with Crippen molar-refractivity contribution < 1.29 is 13.2 Å². The van der Waals surface area contributed by atoms with Crippen LogP contribution < -0.4 is 0 Å². The van der Waals surface area contributed by atoms with E-state index in [0.717, 1.165) is 18.2 Å². The summed E-state index contributed by atoms with van der Waals surface area (Å²) in [5, 5.41) is -1.07. The van der Waals surface area contributed by atoms with Crippen LogP contribution >= 0.6 is 39.1 Å². The third-order valence-electron chi connectivity index (χ3n) is 2.55. The second-order valence-electron chi connectivity index (χ2n) is 3.82. The van der Waals surface area contributed by atoms with Crippen LogP contribution in [0, 0.1) is 17.5 Å². The summed E-state index contributed by atoms with van der Waals surface area (Å²) in [7, 11) is 0. The quantitative estimate of drug-likeness (QED) is 0.460. The summed E-state index contributed by atoms with van der Waals surface area (Å²) in [4.78, 5) is 0.